The van der Waals surface area contributed by atoms with Crippen LogP contribution < -0.4 is 10.1 Å². The van der Waals surface area contributed by atoms with E-state index in [1.807, 2.05) is 55.5 Å². The van der Waals surface area contributed by atoms with Crippen LogP contribution in [0.2, 0.25) is 0 Å². The minimum absolute atomic E-state index is 0.0404. The number of methoxy groups -OCH3 is 1. The monoisotopic (exact) mass is 468 g/mol. The summed E-state index contributed by atoms with van der Waals surface area (Å²) >= 11 is 0. The van der Waals surface area contributed by atoms with Crippen LogP contribution in [0.25, 0.3) is 0 Å². The maximum atomic E-state index is 13.3. The number of rotatable bonds is 8. The molecule has 1 N–H and O–H groups in total. The highest BCUT2D eigenvalue weighted by atomic mass is 16.5. The molecule has 0 aromatic heterocycles. The van der Waals surface area contributed by atoms with Gasteiger partial charge in [-0.25, -0.2) is 0 Å². The van der Waals surface area contributed by atoms with Crippen molar-refractivity contribution in [3.05, 3.63) is 95.1 Å². The molecule has 0 spiro atoms. The van der Waals surface area contributed by atoms with E-state index in [4.69, 9.17) is 9.73 Å². The molecular formula is C30H32N2O3. The number of aliphatic imine (C=N–C) groups is 1. The van der Waals surface area contributed by atoms with Gasteiger partial charge in [0.25, 0.3) is 0 Å². The normalized spacial score (nSPS) is 14.9. The van der Waals surface area contributed by atoms with E-state index in [9.17, 15) is 9.59 Å². The van der Waals surface area contributed by atoms with Gasteiger partial charge in [0.05, 0.1) is 30.7 Å². The van der Waals surface area contributed by atoms with Gasteiger partial charge in [-0.1, -0.05) is 55.5 Å². The fourth-order valence-electron chi connectivity index (χ4n) is 4.68. The van der Waals surface area contributed by atoms with Gasteiger partial charge in [0, 0.05) is 16.8 Å². The molecule has 0 saturated carbocycles. The molecule has 3 aromatic rings. The van der Waals surface area contributed by atoms with Crippen molar-refractivity contribution >= 4 is 23.1 Å². The third-order valence-corrected chi connectivity index (χ3v) is 6.40. The molecule has 0 fully saturated rings. The zero-order valence-electron chi connectivity index (χ0n) is 20.8. The number of hydrogen-bond acceptors (Lipinski definition) is 4. The van der Waals surface area contributed by atoms with Gasteiger partial charge in [-0.15, -0.1) is 0 Å². The van der Waals surface area contributed by atoms with Gasteiger partial charge >= 0.3 is 0 Å². The zero-order chi connectivity index (χ0) is 25.0. The molecular weight excluding hydrogens is 436 g/mol. The molecule has 0 radical (unpaired) electrons. The molecule has 35 heavy (non-hydrogen) atoms. The highest BCUT2D eigenvalue weighted by Crippen LogP contribution is 2.31. The molecule has 1 aliphatic heterocycles. The number of benzene rings is 3. The number of carbonyl (C=O) groups is 2. The first-order valence-electron chi connectivity index (χ1n) is 12.0. The number of nitrogens with zero attached hydrogens (tertiary/aromatic N) is 1. The van der Waals surface area contributed by atoms with Gasteiger partial charge in [-0.3, -0.25) is 14.6 Å². The summed E-state index contributed by atoms with van der Waals surface area (Å²) in [6, 6.07) is 22.9. The van der Waals surface area contributed by atoms with Crippen molar-refractivity contribution in [2.24, 2.45) is 4.99 Å². The van der Waals surface area contributed by atoms with Crippen LogP contribution in [0.15, 0.2) is 77.8 Å². The number of anilines is 1. The lowest BCUT2D eigenvalue weighted by atomic mass is 9.85. The summed E-state index contributed by atoms with van der Waals surface area (Å²) in [4.78, 5) is 31.2. The molecule has 1 heterocycles. The molecule has 5 nitrogen and oxygen atoms in total. The number of fused-ring (bicyclic) bond motifs is 1. The maximum absolute atomic E-state index is 13.3. The summed E-state index contributed by atoms with van der Waals surface area (Å²) in [7, 11) is 1.64. The van der Waals surface area contributed by atoms with E-state index in [-0.39, 0.29) is 29.6 Å². The predicted octanol–water partition coefficient (Wildman–Crippen LogP) is 6.22. The van der Waals surface area contributed by atoms with E-state index in [1.54, 1.807) is 25.3 Å². The molecule has 4 rings (SSSR count). The van der Waals surface area contributed by atoms with E-state index >= 15 is 0 Å². The van der Waals surface area contributed by atoms with Crippen LogP contribution in [0, 0.1) is 0 Å². The molecule has 1 unspecified atom stereocenters. The Morgan fingerprint density at radius 1 is 1.03 bits per heavy atom. The van der Waals surface area contributed by atoms with Gasteiger partial charge in [0.2, 0.25) is 5.91 Å². The topological polar surface area (TPSA) is 67.8 Å². The molecule has 180 valence electrons. The number of ketones is 1. The van der Waals surface area contributed by atoms with Gasteiger partial charge in [-0.2, -0.15) is 0 Å². The molecule has 0 saturated heterocycles. The van der Waals surface area contributed by atoms with Gasteiger partial charge in [0.1, 0.15) is 5.75 Å². The lowest BCUT2D eigenvalue weighted by Crippen LogP contribution is -2.30. The van der Waals surface area contributed by atoms with Crippen LogP contribution in [-0.2, 0) is 11.2 Å². The minimum atomic E-state index is -0.278. The molecule has 0 aliphatic carbocycles. The lowest BCUT2D eigenvalue weighted by molar-refractivity contribution is -0.117. The summed E-state index contributed by atoms with van der Waals surface area (Å²) in [5.74, 6) is 0.377. The second-order valence-corrected chi connectivity index (χ2v) is 9.61. The number of nitrogens with one attached hydrogen (secondary N) is 1. The average Bonchev–Trinajstić information content (AvgIpc) is 2.84. The fourth-order valence-corrected chi connectivity index (χ4v) is 4.68. The van der Waals surface area contributed by atoms with Crippen molar-refractivity contribution in [2.45, 2.75) is 51.5 Å². The van der Waals surface area contributed by atoms with Gasteiger partial charge in [-0.05, 0) is 62.1 Å². The van der Waals surface area contributed by atoms with Crippen LogP contribution >= 0.6 is 0 Å². The SMILES string of the molecule is CCC(C(=O)Nc1cccc(C(=O)CC2=NC(C)(C)Cc3ccc(OC)cc32)c1)c1ccccc1. The fraction of sp³-hybridized carbons (Fsp3) is 0.300. The summed E-state index contributed by atoms with van der Waals surface area (Å²) in [5.41, 5.74) is 4.77. The summed E-state index contributed by atoms with van der Waals surface area (Å²) in [6.45, 7) is 6.16. The molecule has 1 aliphatic rings. The first-order valence-corrected chi connectivity index (χ1v) is 12.0. The third kappa shape index (κ3) is 5.68. The minimum Gasteiger partial charge on any atom is -0.497 e. The first-order chi connectivity index (χ1) is 16.8. The van der Waals surface area contributed by atoms with Crippen molar-refractivity contribution in [1.82, 2.24) is 0 Å². The Bertz CT molecular complexity index is 1260. The molecule has 1 atom stereocenters. The van der Waals surface area contributed by atoms with E-state index in [1.165, 1.54) is 5.56 Å². The summed E-state index contributed by atoms with van der Waals surface area (Å²) in [6.07, 6.45) is 1.68. The Labute approximate surface area is 207 Å². The van der Waals surface area contributed by atoms with Crippen molar-refractivity contribution < 1.29 is 14.3 Å². The van der Waals surface area contributed by atoms with E-state index in [0.29, 0.717) is 17.7 Å². The van der Waals surface area contributed by atoms with Crippen LogP contribution in [0.4, 0.5) is 5.69 Å². The van der Waals surface area contributed by atoms with Crippen molar-refractivity contribution in [2.75, 3.05) is 12.4 Å². The number of Topliss-reactive ketones (excluding diaryl/α,β-unsaturated/α-hetero) is 1. The molecule has 1 amide bonds. The highest BCUT2D eigenvalue weighted by molar-refractivity contribution is 6.17. The number of ether oxygens (including phenoxy) is 1. The quantitative estimate of drug-likeness (QED) is 0.399. The Morgan fingerprint density at radius 3 is 2.51 bits per heavy atom. The van der Waals surface area contributed by atoms with E-state index in [2.05, 4.69) is 25.2 Å². The van der Waals surface area contributed by atoms with Crippen LogP contribution in [-0.4, -0.2) is 30.1 Å². The smallest absolute Gasteiger partial charge is 0.231 e. The summed E-state index contributed by atoms with van der Waals surface area (Å²) < 4.78 is 5.40. The standard InChI is InChI=1S/C30H32N2O3/c1-5-25(20-10-7-6-8-11-20)29(34)31-23-13-9-12-21(16-23)28(33)18-27-26-17-24(35-4)15-14-22(26)19-30(2,3)32-27/h6-17,25H,5,18-19H2,1-4H3,(H,31,34). The Balaban J connectivity index is 1.53. The molecule has 3 aromatic carbocycles. The first kappa shape index (κ1) is 24.4. The predicted molar refractivity (Wildman–Crippen MR) is 141 cm³/mol. The summed E-state index contributed by atoms with van der Waals surface area (Å²) in [5, 5.41) is 3.00. The lowest BCUT2D eigenvalue weighted by Gasteiger charge is -2.29. The van der Waals surface area contributed by atoms with Crippen LogP contribution in [0.5, 0.6) is 5.75 Å². The van der Waals surface area contributed by atoms with Crippen molar-refractivity contribution in [1.29, 1.82) is 0 Å². The molecule has 0 bridgehead atoms. The second kappa shape index (κ2) is 10.3. The van der Waals surface area contributed by atoms with E-state index in [0.717, 1.165) is 29.0 Å². The number of amides is 1. The second-order valence-electron chi connectivity index (χ2n) is 9.61. The Kier molecular flexibility index (Phi) is 7.15. The number of carbonyl (C=O) groups excluding carboxylic acids is 2. The van der Waals surface area contributed by atoms with E-state index < -0.39 is 0 Å². The average molecular weight is 469 g/mol. The Hall–Kier alpha value is -3.73. The van der Waals surface area contributed by atoms with Crippen molar-refractivity contribution in [3.8, 4) is 5.75 Å². The Morgan fingerprint density at radius 2 is 1.80 bits per heavy atom. The largest absolute Gasteiger partial charge is 0.497 e. The van der Waals surface area contributed by atoms with Crippen LogP contribution in [0.1, 0.15) is 66.6 Å². The van der Waals surface area contributed by atoms with Crippen LogP contribution in [0.3, 0.4) is 0 Å². The van der Waals surface area contributed by atoms with Crippen molar-refractivity contribution in [3.63, 3.8) is 0 Å². The van der Waals surface area contributed by atoms with Gasteiger partial charge in [0.15, 0.2) is 5.78 Å². The van der Waals surface area contributed by atoms with Gasteiger partial charge < -0.3 is 10.1 Å². The maximum Gasteiger partial charge on any atom is 0.231 e. The zero-order valence-corrected chi connectivity index (χ0v) is 20.8. The third-order valence-electron chi connectivity index (χ3n) is 6.40. The highest BCUT2D eigenvalue weighted by Gasteiger charge is 2.28. The molecule has 5 heteroatoms. The number of hydrogen-bond donors (Lipinski definition) is 1.